The van der Waals surface area contributed by atoms with Crippen molar-refractivity contribution in [1.29, 1.82) is 0 Å². The van der Waals surface area contributed by atoms with Gasteiger partial charge in [0.25, 0.3) is 0 Å². The van der Waals surface area contributed by atoms with Gasteiger partial charge in [0.1, 0.15) is 5.82 Å². The Morgan fingerprint density at radius 3 is 2.71 bits per heavy atom. The fourth-order valence-corrected chi connectivity index (χ4v) is 2.95. The summed E-state index contributed by atoms with van der Waals surface area (Å²) in [5.74, 6) is 0.944. The Morgan fingerprint density at radius 1 is 1.24 bits per heavy atom. The largest absolute Gasteiger partial charge is 0.356 e. The number of nitrogens with zero attached hydrogens (tertiary/aromatic N) is 3. The number of carbonyl (C=O) groups excluding carboxylic acids is 2. The Morgan fingerprint density at radius 2 is 2.05 bits per heavy atom. The molecule has 0 aliphatic carbocycles. The van der Waals surface area contributed by atoms with Gasteiger partial charge in [0.2, 0.25) is 11.8 Å². The molecule has 0 aromatic carbocycles. The molecule has 2 saturated heterocycles. The summed E-state index contributed by atoms with van der Waals surface area (Å²) < 4.78 is 0. The van der Waals surface area contributed by atoms with E-state index in [1.807, 2.05) is 23.1 Å². The average Bonchev–Trinajstić information content (AvgIpc) is 2.55. The van der Waals surface area contributed by atoms with Crippen molar-refractivity contribution >= 4 is 17.6 Å². The van der Waals surface area contributed by atoms with Crippen LogP contribution in [-0.4, -0.2) is 54.4 Å². The first-order valence-electron chi connectivity index (χ1n) is 7.45. The van der Waals surface area contributed by atoms with E-state index >= 15 is 0 Å². The summed E-state index contributed by atoms with van der Waals surface area (Å²) in [7, 11) is 0. The molecule has 1 atom stereocenters. The molecular formula is C15H20N4O2. The highest BCUT2D eigenvalue weighted by Gasteiger charge is 2.31. The molecule has 2 amide bonds. The van der Waals surface area contributed by atoms with Gasteiger partial charge in [0.15, 0.2) is 0 Å². The van der Waals surface area contributed by atoms with Crippen LogP contribution < -0.4 is 10.2 Å². The lowest BCUT2D eigenvalue weighted by atomic mass is 9.95. The van der Waals surface area contributed by atoms with Crippen molar-refractivity contribution in [2.75, 3.05) is 37.6 Å². The van der Waals surface area contributed by atoms with Crippen molar-refractivity contribution in [3.63, 3.8) is 0 Å². The molecule has 0 bridgehead atoms. The molecule has 2 fully saturated rings. The molecule has 112 valence electrons. The van der Waals surface area contributed by atoms with E-state index in [2.05, 4.69) is 15.2 Å². The highest BCUT2D eigenvalue weighted by atomic mass is 16.2. The molecule has 2 aliphatic rings. The Balaban J connectivity index is 1.55. The van der Waals surface area contributed by atoms with Gasteiger partial charge in [-0.15, -0.1) is 0 Å². The highest BCUT2D eigenvalue weighted by Crippen LogP contribution is 2.18. The first-order chi connectivity index (χ1) is 10.2. The van der Waals surface area contributed by atoms with Gasteiger partial charge in [0.05, 0.1) is 0 Å². The molecule has 0 radical (unpaired) electrons. The normalized spacial score (nSPS) is 22.9. The number of aromatic nitrogens is 1. The smallest absolute Gasteiger partial charge is 0.226 e. The minimum absolute atomic E-state index is 0.00767. The Hall–Kier alpha value is -2.11. The van der Waals surface area contributed by atoms with E-state index in [1.165, 1.54) is 0 Å². The van der Waals surface area contributed by atoms with Crippen molar-refractivity contribution in [3.8, 4) is 0 Å². The second-order valence-corrected chi connectivity index (χ2v) is 5.54. The van der Waals surface area contributed by atoms with Crippen LogP contribution in [0.5, 0.6) is 0 Å². The fourth-order valence-electron chi connectivity index (χ4n) is 2.95. The summed E-state index contributed by atoms with van der Waals surface area (Å²) in [4.78, 5) is 32.3. The molecule has 3 rings (SSSR count). The van der Waals surface area contributed by atoms with Crippen LogP contribution in [0.1, 0.15) is 12.8 Å². The number of amides is 2. The maximum atomic E-state index is 12.5. The standard InChI is InChI=1S/C15H20N4O2/c20-14-11-12(4-6-17-14)15(21)19-9-7-18(8-10-19)13-3-1-2-5-16-13/h1-3,5,12H,4,6-11H2,(H,17,20). The summed E-state index contributed by atoms with van der Waals surface area (Å²) >= 11 is 0. The van der Waals surface area contributed by atoms with E-state index in [0.29, 0.717) is 26.1 Å². The molecule has 1 aromatic rings. The topological polar surface area (TPSA) is 65.5 Å². The molecule has 6 heteroatoms. The van der Waals surface area contributed by atoms with Gasteiger partial charge < -0.3 is 15.1 Å². The molecule has 21 heavy (non-hydrogen) atoms. The van der Waals surface area contributed by atoms with Crippen LogP contribution in [0.2, 0.25) is 0 Å². The van der Waals surface area contributed by atoms with Crippen LogP contribution in [-0.2, 0) is 9.59 Å². The summed E-state index contributed by atoms with van der Waals surface area (Å²) in [6.45, 7) is 3.60. The molecule has 6 nitrogen and oxygen atoms in total. The number of piperidine rings is 1. The van der Waals surface area contributed by atoms with Gasteiger partial charge >= 0.3 is 0 Å². The molecule has 1 unspecified atom stereocenters. The summed E-state index contributed by atoms with van der Waals surface area (Å²) in [6.07, 6.45) is 2.87. The average molecular weight is 288 g/mol. The molecule has 2 aliphatic heterocycles. The number of anilines is 1. The summed E-state index contributed by atoms with van der Waals surface area (Å²) in [6, 6.07) is 5.86. The van der Waals surface area contributed by atoms with E-state index in [9.17, 15) is 9.59 Å². The summed E-state index contributed by atoms with van der Waals surface area (Å²) in [5, 5.41) is 2.77. The molecular weight excluding hydrogens is 268 g/mol. The van der Waals surface area contributed by atoms with Gasteiger partial charge in [-0.1, -0.05) is 6.07 Å². The maximum Gasteiger partial charge on any atom is 0.226 e. The Bertz CT molecular complexity index is 512. The van der Waals surface area contributed by atoms with Crippen LogP contribution in [0.4, 0.5) is 5.82 Å². The maximum absolute atomic E-state index is 12.5. The molecule has 3 heterocycles. The number of nitrogens with one attached hydrogen (secondary N) is 1. The van der Waals surface area contributed by atoms with Crippen LogP contribution in [0.25, 0.3) is 0 Å². The van der Waals surface area contributed by atoms with Gasteiger partial charge in [-0.2, -0.15) is 0 Å². The fraction of sp³-hybridized carbons (Fsp3) is 0.533. The van der Waals surface area contributed by atoms with Crippen LogP contribution in [0.3, 0.4) is 0 Å². The Labute approximate surface area is 124 Å². The predicted octanol–water partition coefficient (Wildman–Crippen LogP) is 0.256. The lowest BCUT2D eigenvalue weighted by Gasteiger charge is -2.37. The highest BCUT2D eigenvalue weighted by molar-refractivity contribution is 5.87. The molecule has 1 N–H and O–H groups in total. The Kier molecular flexibility index (Phi) is 4.03. The van der Waals surface area contributed by atoms with E-state index in [0.717, 1.165) is 25.3 Å². The zero-order chi connectivity index (χ0) is 14.7. The quantitative estimate of drug-likeness (QED) is 0.847. The number of rotatable bonds is 2. The van der Waals surface area contributed by atoms with Crippen molar-refractivity contribution in [1.82, 2.24) is 15.2 Å². The van der Waals surface area contributed by atoms with E-state index < -0.39 is 0 Å². The van der Waals surface area contributed by atoms with Crippen molar-refractivity contribution < 1.29 is 9.59 Å². The van der Waals surface area contributed by atoms with E-state index in [-0.39, 0.29) is 17.7 Å². The lowest BCUT2D eigenvalue weighted by molar-refractivity contribution is -0.140. The number of carbonyl (C=O) groups is 2. The predicted molar refractivity (Wildman–Crippen MR) is 78.8 cm³/mol. The van der Waals surface area contributed by atoms with Gasteiger partial charge in [-0.3, -0.25) is 9.59 Å². The molecule has 1 aromatic heterocycles. The minimum atomic E-state index is -0.139. The van der Waals surface area contributed by atoms with Crippen molar-refractivity contribution in [3.05, 3.63) is 24.4 Å². The first-order valence-corrected chi connectivity index (χ1v) is 7.45. The van der Waals surface area contributed by atoms with Gasteiger partial charge in [-0.05, 0) is 18.6 Å². The monoisotopic (exact) mass is 288 g/mol. The number of hydrogen-bond acceptors (Lipinski definition) is 4. The van der Waals surface area contributed by atoms with Gasteiger partial charge in [0, 0.05) is 51.3 Å². The third-order valence-electron chi connectivity index (χ3n) is 4.16. The van der Waals surface area contributed by atoms with E-state index in [4.69, 9.17) is 0 Å². The van der Waals surface area contributed by atoms with Gasteiger partial charge in [-0.25, -0.2) is 4.98 Å². The number of piperazine rings is 1. The third kappa shape index (κ3) is 3.15. The zero-order valence-corrected chi connectivity index (χ0v) is 12.0. The number of pyridine rings is 1. The molecule has 0 spiro atoms. The van der Waals surface area contributed by atoms with Crippen LogP contribution >= 0.6 is 0 Å². The van der Waals surface area contributed by atoms with Crippen molar-refractivity contribution in [2.45, 2.75) is 12.8 Å². The minimum Gasteiger partial charge on any atom is -0.356 e. The molecule has 0 saturated carbocycles. The second-order valence-electron chi connectivity index (χ2n) is 5.54. The van der Waals surface area contributed by atoms with Crippen molar-refractivity contribution in [2.24, 2.45) is 5.92 Å². The number of hydrogen-bond donors (Lipinski definition) is 1. The van der Waals surface area contributed by atoms with Crippen LogP contribution in [0, 0.1) is 5.92 Å². The zero-order valence-electron chi connectivity index (χ0n) is 12.0. The second kappa shape index (κ2) is 6.11. The lowest BCUT2D eigenvalue weighted by Crippen LogP contribution is -2.52. The van der Waals surface area contributed by atoms with Crippen LogP contribution in [0.15, 0.2) is 24.4 Å². The summed E-state index contributed by atoms with van der Waals surface area (Å²) in [5.41, 5.74) is 0. The first kappa shape index (κ1) is 13.9. The SMILES string of the molecule is O=C1CC(C(=O)N2CCN(c3ccccn3)CC2)CCN1. The third-order valence-corrected chi connectivity index (χ3v) is 4.16. The van der Waals surface area contributed by atoms with E-state index in [1.54, 1.807) is 6.20 Å².